The Morgan fingerprint density at radius 1 is 1.30 bits per heavy atom. The SMILES string of the molecule is CCN(CC)C(=S)S[C@H](C)C(=O)Nc1ccc2c(c1)OCCO2. The number of carbonyl (C=O) groups excluding carboxylic acids is 1. The number of thiocarbonyl (C=S) groups is 1. The molecule has 2 rings (SSSR count). The van der Waals surface area contributed by atoms with Gasteiger partial charge in [0.15, 0.2) is 11.5 Å². The van der Waals surface area contributed by atoms with Gasteiger partial charge in [0.1, 0.15) is 17.5 Å². The van der Waals surface area contributed by atoms with Crippen molar-refractivity contribution < 1.29 is 14.3 Å². The molecule has 0 fully saturated rings. The lowest BCUT2D eigenvalue weighted by Crippen LogP contribution is -2.31. The number of ether oxygens (including phenoxy) is 2. The summed E-state index contributed by atoms with van der Waals surface area (Å²) in [5.41, 5.74) is 0.695. The van der Waals surface area contributed by atoms with Crippen molar-refractivity contribution in [2.75, 3.05) is 31.6 Å². The van der Waals surface area contributed by atoms with Crippen molar-refractivity contribution in [1.82, 2.24) is 4.90 Å². The number of fused-ring (bicyclic) bond motifs is 1. The van der Waals surface area contributed by atoms with Gasteiger partial charge >= 0.3 is 0 Å². The highest BCUT2D eigenvalue weighted by Crippen LogP contribution is 2.32. The first-order valence-corrected chi connectivity index (χ1v) is 9.00. The summed E-state index contributed by atoms with van der Waals surface area (Å²) in [6, 6.07) is 5.40. The van der Waals surface area contributed by atoms with E-state index in [0.717, 1.165) is 17.4 Å². The Morgan fingerprint density at radius 3 is 2.61 bits per heavy atom. The largest absolute Gasteiger partial charge is 0.486 e. The average molecular weight is 354 g/mol. The van der Waals surface area contributed by atoms with E-state index in [-0.39, 0.29) is 11.2 Å². The van der Waals surface area contributed by atoms with Crippen LogP contribution < -0.4 is 14.8 Å². The molecule has 0 saturated heterocycles. The maximum atomic E-state index is 12.3. The van der Waals surface area contributed by atoms with Crippen molar-refractivity contribution in [3.05, 3.63) is 18.2 Å². The fourth-order valence-corrected chi connectivity index (χ4v) is 3.69. The van der Waals surface area contributed by atoms with Crippen molar-refractivity contribution in [3.8, 4) is 11.5 Å². The van der Waals surface area contributed by atoms with E-state index in [1.165, 1.54) is 11.8 Å². The number of thioether (sulfide) groups is 1. The number of nitrogens with one attached hydrogen (secondary N) is 1. The van der Waals surface area contributed by atoms with Crippen molar-refractivity contribution in [2.24, 2.45) is 0 Å². The molecule has 0 bridgehead atoms. The van der Waals surface area contributed by atoms with Crippen molar-refractivity contribution in [3.63, 3.8) is 0 Å². The van der Waals surface area contributed by atoms with Crippen molar-refractivity contribution in [2.45, 2.75) is 26.0 Å². The topological polar surface area (TPSA) is 50.8 Å². The van der Waals surface area contributed by atoms with E-state index < -0.39 is 0 Å². The first kappa shape index (κ1) is 17.9. The zero-order chi connectivity index (χ0) is 16.8. The van der Waals surface area contributed by atoms with Crippen LogP contribution in [0.5, 0.6) is 11.5 Å². The summed E-state index contributed by atoms with van der Waals surface area (Å²) in [5, 5.41) is 2.63. The number of benzene rings is 1. The van der Waals surface area contributed by atoms with Crippen LogP contribution in [0.1, 0.15) is 20.8 Å². The summed E-state index contributed by atoms with van der Waals surface area (Å²) in [5.74, 6) is 1.29. The van der Waals surface area contributed by atoms with Crippen LogP contribution in [-0.2, 0) is 4.79 Å². The third-order valence-corrected chi connectivity index (χ3v) is 5.05. The smallest absolute Gasteiger partial charge is 0.237 e. The predicted molar refractivity (Wildman–Crippen MR) is 98.6 cm³/mol. The van der Waals surface area contributed by atoms with Crippen molar-refractivity contribution in [1.29, 1.82) is 0 Å². The minimum Gasteiger partial charge on any atom is -0.486 e. The van der Waals surface area contributed by atoms with Gasteiger partial charge in [-0.2, -0.15) is 0 Å². The second-order valence-corrected chi connectivity index (χ2v) is 7.02. The van der Waals surface area contributed by atoms with Gasteiger partial charge in [0.05, 0.1) is 5.25 Å². The van der Waals surface area contributed by atoms with Gasteiger partial charge in [-0.3, -0.25) is 4.79 Å². The van der Waals surface area contributed by atoms with Crippen LogP contribution in [0.3, 0.4) is 0 Å². The first-order valence-electron chi connectivity index (χ1n) is 7.71. The molecule has 0 saturated carbocycles. The van der Waals surface area contributed by atoms with Crippen molar-refractivity contribution >= 4 is 39.9 Å². The molecule has 126 valence electrons. The predicted octanol–water partition coefficient (Wildman–Crippen LogP) is 3.14. The van der Waals surface area contributed by atoms with Gasteiger partial charge in [0.2, 0.25) is 5.91 Å². The molecule has 0 aromatic heterocycles. The van der Waals surface area contributed by atoms with Crippen LogP contribution in [0.25, 0.3) is 0 Å². The molecular weight excluding hydrogens is 332 g/mol. The fourth-order valence-electron chi connectivity index (χ4n) is 2.13. The number of hydrogen-bond donors (Lipinski definition) is 1. The van der Waals surface area contributed by atoms with E-state index in [1.54, 1.807) is 6.07 Å². The summed E-state index contributed by atoms with van der Waals surface area (Å²) in [6.45, 7) is 8.72. The quantitative estimate of drug-likeness (QED) is 0.820. The van der Waals surface area contributed by atoms with E-state index in [1.807, 2.05) is 19.1 Å². The Kier molecular flexibility index (Phi) is 6.53. The van der Waals surface area contributed by atoms with E-state index in [9.17, 15) is 4.79 Å². The summed E-state index contributed by atoms with van der Waals surface area (Å²) in [7, 11) is 0. The van der Waals surface area contributed by atoms with Crippen LogP contribution in [-0.4, -0.2) is 46.7 Å². The zero-order valence-electron chi connectivity index (χ0n) is 13.6. The van der Waals surface area contributed by atoms with Crippen LogP contribution in [0.15, 0.2) is 18.2 Å². The number of carbonyl (C=O) groups is 1. The molecule has 1 atom stereocenters. The minimum atomic E-state index is -0.267. The molecule has 1 N–H and O–H groups in total. The molecule has 1 amide bonds. The monoisotopic (exact) mass is 354 g/mol. The lowest BCUT2D eigenvalue weighted by Gasteiger charge is -2.23. The van der Waals surface area contributed by atoms with Gasteiger partial charge in [-0.25, -0.2) is 0 Å². The molecule has 23 heavy (non-hydrogen) atoms. The molecule has 1 aliphatic rings. The number of hydrogen-bond acceptors (Lipinski definition) is 5. The highest BCUT2D eigenvalue weighted by molar-refractivity contribution is 8.23. The Labute approximate surface area is 146 Å². The van der Waals surface area contributed by atoms with Crippen LogP contribution in [0.2, 0.25) is 0 Å². The van der Waals surface area contributed by atoms with Crippen LogP contribution in [0.4, 0.5) is 5.69 Å². The van der Waals surface area contributed by atoms with E-state index in [4.69, 9.17) is 21.7 Å². The molecule has 0 spiro atoms. The fraction of sp³-hybridized carbons (Fsp3) is 0.500. The molecule has 5 nitrogen and oxygen atoms in total. The summed E-state index contributed by atoms with van der Waals surface area (Å²) in [6.07, 6.45) is 0. The molecule has 1 aromatic carbocycles. The lowest BCUT2D eigenvalue weighted by atomic mass is 10.2. The van der Waals surface area contributed by atoms with Gasteiger partial charge in [0, 0.05) is 24.8 Å². The highest BCUT2D eigenvalue weighted by atomic mass is 32.2. The maximum absolute atomic E-state index is 12.3. The Bertz CT molecular complexity index is 576. The van der Waals surface area contributed by atoms with E-state index >= 15 is 0 Å². The standard InChI is InChI=1S/C16H22N2O3S2/c1-4-18(5-2)16(22)23-11(3)15(19)17-12-6-7-13-14(10-12)21-9-8-20-13/h6-7,10-11H,4-5,8-9H2,1-3H3,(H,17,19)/t11-/m1/s1. The van der Waals surface area contributed by atoms with E-state index in [2.05, 4.69) is 24.1 Å². The summed E-state index contributed by atoms with van der Waals surface area (Å²) >= 11 is 6.79. The first-order chi connectivity index (χ1) is 11.0. The lowest BCUT2D eigenvalue weighted by molar-refractivity contribution is -0.115. The Hall–Kier alpha value is -1.47. The Morgan fingerprint density at radius 2 is 1.96 bits per heavy atom. The Balaban J connectivity index is 1.94. The second-order valence-electron chi connectivity index (χ2n) is 5.05. The highest BCUT2D eigenvalue weighted by Gasteiger charge is 2.19. The zero-order valence-corrected chi connectivity index (χ0v) is 15.3. The second kappa shape index (κ2) is 8.40. The van der Waals surface area contributed by atoms with Crippen LogP contribution in [0, 0.1) is 0 Å². The summed E-state index contributed by atoms with van der Waals surface area (Å²) < 4.78 is 11.7. The van der Waals surface area contributed by atoms with Gasteiger partial charge in [0.25, 0.3) is 0 Å². The third-order valence-electron chi connectivity index (χ3n) is 3.48. The van der Waals surface area contributed by atoms with Gasteiger partial charge in [-0.15, -0.1) is 0 Å². The van der Waals surface area contributed by atoms with E-state index in [0.29, 0.717) is 30.4 Å². The number of amides is 1. The molecule has 7 heteroatoms. The van der Waals surface area contributed by atoms with Gasteiger partial charge in [-0.1, -0.05) is 24.0 Å². The number of anilines is 1. The minimum absolute atomic E-state index is 0.0822. The third kappa shape index (κ3) is 4.75. The maximum Gasteiger partial charge on any atom is 0.237 e. The molecular formula is C16H22N2O3S2. The number of nitrogens with zero attached hydrogens (tertiary/aromatic N) is 1. The molecule has 1 aliphatic heterocycles. The summed E-state index contributed by atoms with van der Waals surface area (Å²) in [4.78, 5) is 14.4. The molecule has 1 aromatic rings. The molecule has 0 unspecified atom stereocenters. The molecule has 0 radical (unpaired) electrons. The van der Waals surface area contributed by atoms with Crippen LogP contribution >= 0.6 is 24.0 Å². The van der Waals surface area contributed by atoms with Gasteiger partial charge in [-0.05, 0) is 32.9 Å². The molecule has 1 heterocycles. The normalized spacial score (nSPS) is 14.0. The van der Waals surface area contributed by atoms with Gasteiger partial charge < -0.3 is 19.7 Å². The average Bonchev–Trinajstić information content (AvgIpc) is 2.55. The number of rotatable bonds is 5. The molecule has 0 aliphatic carbocycles.